The molecule has 9 nitrogen and oxygen atoms in total. The molecule has 0 aromatic carbocycles. The van der Waals surface area contributed by atoms with Crippen LogP contribution in [0.15, 0.2) is 0 Å². The molecule has 0 atom stereocenters. The van der Waals surface area contributed by atoms with E-state index in [-0.39, 0.29) is 35.0 Å². The lowest BCUT2D eigenvalue weighted by molar-refractivity contribution is -0.135. The predicted octanol–water partition coefficient (Wildman–Crippen LogP) is 0.269. The maximum atomic E-state index is 12.2. The van der Waals surface area contributed by atoms with Gasteiger partial charge in [-0.05, 0) is 13.3 Å². The number of aromatic carboxylic acids is 1. The summed E-state index contributed by atoms with van der Waals surface area (Å²) in [5.74, 6) is -1.35. The molecule has 0 aliphatic carbocycles. The third-order valence-corrected chi connectivity index (χ3v) is 4.87. The van der Waals surface area contributed by atoms with Gasteiger partial charge in [-0.1, -0.05) is 11.3 Å². The number of ether oxygens (including phenoxy) is 1. The summed E-state index contributed by atoms with van der Waals surface area (Å²) in [6.45, 7) is 4.34. The Morgan fingerprint density at radius 2 is 2.04 bits per heavy atom. The molecule has 10 heteroatoms. The predicted molar refractivity (Wildman–Crippen MR) is 92.0 cm³/mol. The van der Waals surface area contributed by atoms with Gasteiger partial charge in [-0.25, -0.2) is 9.78 Å². The Hall–Kier alpha value is -2.04. The number of methoxy groups -OCH3 is 1. The smallest absolute Gasteiger partial charge is 0.347 e. The van der Waals surface area contributed by atoms with Crippen LogP contribution < -0.4 is 5.32 Å². The van der Waals surface area contributed by atoms with Gasteiger partial charge in [-0.3, -0.25) is 14.5 Å². The zero-order chi connectivity index (χ0) is 18.4. The Morgan fingerprint density at radius 3 is 2.68 bits per heavy atom. The molecule has 2 heterocycles. The number of carbonyl (C=O) groups is 3. The van der Waals surface area contributed by atoms with Crippen LogP contribution in [0.5, 0.6) is 0 Å². The molecule has 138 valence electrons. The molecular weight excluding hydrogens is 348 g/mol. The van der Waals surface area contributed by atoms with Crippen molar-refractivity contribution in [2.45, 2.75) is 13.3 Å². The van der Waals surface area contributed by atoms with Crippen LogP contribution in [0.4, 0.5) is 5.13 Å². The Bertz CT molecular complexity index is 648. The molecule has 25 heavy (non-hydrogen) atoms. The molecule has 2 amide bonds. The van der Waals surface area contributed by atoms with Crippen molar-refractivity contribution in [2.75, 3.05) is 51.8 Å². The Kier molecular flexibility index (Phi) is 6.85. The highest BCUT2D eigenvalue weighted by molar-refractivity contribution is 7.17. The van der Waals surface area contributed by atoms with Gasteiger partial charge in [0.15, 0.2) is 5.13 Å². The number of amides is 2. The Balaban J connectivity index is 1.85. The highest BCUT2D eigenvalue weighted by Crippen LogP contribution is 2.22. The number of rotatable bonds is 6. The lowest BCUT2D eigenvalue weighted by Crippen LogP contribution is -2.39. The van der Waals surface area contributed by atoms with E-state index in [1.165, 1.54) is 7.11 Å². The third-order valence-electron chi connectivity index (χ3n) is 3.81. The molecule has 1 saturated heterocycles. The van der Waals surface area contributed by atoms with Gasteiger partial charge in [0.2, 0.25) is 11.8 Å². The first kappa shape index (κ1) is 19.3. The maximum Gasteiger partial charge on any atom is 0.347 e. The number of nitrogens with one attached hydrogen (secondary N) is 1. The maximum absolute atomic E-state index is 12.2. The summed E-state index contributed by atoms with van der Waals surface area (Å²) in [5, 5.41) is 11.9. The van der Waals surface area contributed by atoms with Gasteiger partial charge < -0.3 is 20.1 Å². The summed E-state index contributed by atoms with van der Waals surface area (Å²) in [5.41, 5.74) is 0.384. The molecule has 0 saturated carbocycles. The second-order valence-corrected chi connectivity index (χ2v) is 6.73. The van der Waals surface area contributed by atoms with Crippen molar-refractivity contribution in [1.82, 2.24) is 14.8 Å². The van der Waals surface area contributed by atoms with Gasteiger partial charge in [0, 0.05) is 33.3 Å². The Morgan fingerprint density at radius 1 is 1.28 bits per heavy atom. The van der Waals surface area contributed by atoms with Gasteiger partial charge in [0.1, 0.15) is 11.5 Å². The van der Waals surface area contributed by atoms with E-state index in [2.05, 4.69) is 10.3 Å². The second-order valence-electron chi connectivity index (χ2n) is 5.73. The molecule has 1 aromatic rings. The number of aryl methyl sites for hydroxylation is 1. The zero-order valence-electron chi connectivity index (χ0n) is 14.3. The average molecular weight is 370 g/mol. The van der Waals surface area contributed by atoms with Crippen molar-refractivity contribution >= 4 is 34.3 Å². The third kappa shape index (κ3) is 5.48. The standard InChI is InChI=1S/C15H22N4O5S/c1-10-13(14(22)23)25-15(16-10)17-11(20)8-18-4-3-5-19(7-6-18)12(21)9-24-2/h3-9H2,1-2H3,(H,22,23)(H,16,17,20). The van der Waals surface area contributed by atoms with Crippen LogP contribution in [0.1, 0.15) is 21.8 Å². The quantitative estimate of drug-likeness (QED) is 0.739. The van der Waals surface area contributed by atoms with E-state index >= 15 is 0 Å². The van der Waals surface area contributed by atoms with Crippen LogP contribution in [-0.4, -0.2) is 84.1 Å². The van der Waals surface area contributed by atoms with Crippen molar-refractivity contribution in [3.05, 3.63) is 10.6 Å². The van der Waals surface area contributed by atoms with Gasteiger partial charge in [-0.2, -0.15) is 0 Å². The minimum absolute atomic E-state index is 0.0479. The fourth-order valence-corrected chi connectivity index (χ4v) is 3.42. The summed E-state index contributed by atoms with van der Waals surface area (Å²) in [6, 6.07) is 0. The summed E-state index contributed by atoms with van der Waals surface area (Å²) >= 11 is 0.944. The molecule has 1 aromatic heterocycles. The van der Waals surface area contributed by atoms with Crippen LogP contribution >= 0.6 is 11.3 Å². The largest absolute Gasteiger partial charge is 0.477 e. The first-order chi connectivity index (χ1) is 11.9. The summed E-state index contributed by atoms with van der Waals surface area (Å²) < 4.78 is 4.87. The number of thiazole rings is 1. The molecule has 0 radical (unpaired) electrons. The van der Waals surface area contributed by atoms with E-state index in [4.69, 9.17) is 9.84 Å². The van der Waals surface area contributed by atoms with Crippen molar-refractivity contribution in [2.24, 2.45) is 0 Å². The lowest BCUT2D eigenvalue weighted by atomic mass is 10.3. The topological polar surface area (TPSA) is 112 Å². The molecule has 1 fully saturated rings. The van der Waals surface area contributed by atoms with Crippen molar-refractivity contribution in [1.29, 1.82) is 0 Å². The van der Waals surface area contributed by atoms with E-state index in [1.54, 1.807) is 11.8 Å². The van der Waals surface area contributed by atoms with Crippen LogP contribution in [-0.2, 0) is 14.3 Å². The van der Waals surface area contributed by atoms with Crippen molar-refractivity contribution in [3.63, 3.8) is 0 Å². The van der Waals surface area contributed by atoms with E-state index in [0.29, 0.717) is 31.9 Å². The minimum Gasteiger partial charge on any atom is -0.477 e. The van der Waals surface area contributed by atoms with Gasteiger partial charge >= 0.3 is 5.97 Å². The van der Waals surface area contributed by atoms with Crippen LogP contribution in [0.2, 0.25) is 0 Å². The van der Waals surface area contributed by atoms with E-state index in [0.717, 1.165) is 17.8 Å². The van der Waals surface area contributed by atoms with Gasteiger partial charge in [-0.15, -0.1) is 0 Å². The molecule has 0 unspecified atom stereocenters. The van der Waals surface area contributed by atoms with Crippen molar-refractivity contribution < 1.29 is 24.2 Å². The van der Waals surface area contributed by atoms with Crippen molar-refractivity contribution in [3.8, 4) is 0 Å². The molecule has 2 N–H and O–H groups in total. The molecule has 0 spiro atoms. The van der Waals surface area contributed by atoms with Crippen LogP contribution in [0.25, 0.3) is 0 Å². The van der Waals surface area contributed by atoms with E-state index < -0.39 is 5.97 Å². The molecule has 0 bridgehead atoms. The SMILES string of the molecule is COCC(=O)N1CCCN(CC(=O)Nc2nc(C)c(C(=O)O)s2)CC1. The number of aromatic nitrogens is 1. The molecule has 1 aliphatic heterocycles. The number of carboxylic acid groups (broad SMARTS) is 1. The van der Waals surface area contributed by atoms with Crippen LogP contribution in [0, 0.1) is 6.92 Å². The molecule has 1 aliphatic rings. The first-order valence-corrected chi connectivity index (χ1v) is 8.72. The number of carbonyl (C=O) groups excluding carboxylic acids is 2. The number of carboxylic acids is 1. The minimum atomic E-state index is -1.05. The second kappa shape index (κ2) is 8.88. The summed E-state index contributed by atoms with van der Waals surface area (Å²) in [4.78, 5) is 42.9. The number of anilines is 1. The van der Waals surface area contributed by atoms with Gasteiger partial charge in [0.25, 0.3) is 0 Å². The molecule has 2 rings (SSSR count). The van der Waals surface area contributed by atoms with E-state index in [9.17, 15) is 14.4 Å². The zero-order valence-corrected chi connectivity index (χ0v) is 15.1. The fraction of sp³-hybridized carbons (Fsp3) is 0.600. The highest BCUT2D eigenvalue weighted by Gasteiger charge is 2.21. The van der Waals surface area contributed by atoms with Gasteiger partial charge in [0.05, 0.1) is 12.2 Å². The first-order valence-electron chi connectivity index (χ1n) is 7.90. The molecular formula is C15H22N4O5S. The van der Waals surface area contributed by atoms with E-state index in [1.807, 2.05) is 4.90 Å². The average Bonchev–Trinajstić information content (AvgIpc) is 2.76. The van der Waals surface area contributed by atoms with Crippen LogP contribution in [0.3, 0.4) is 0 Å². The fourth-order valence-electron chi connectivity index (χ4n) is 2.60. The lowest BCUT2D eigenvalue weighted by Gasteiger charge is -2.21. The number of hydrogen-bond acceptors (Lipinski definition) is 7. The summed E-state index contributed by atoms with van der Waals surface area (Å²) in [6.07, 6.45) is 0.780. The number of nitrogens with zero attached hydrogens (tertiary/aromatic N) is 3. The normalized spacial score (nSPS) is 15.7. The highest BCUT2D eigenvalue weighted by atomic mass is 32.1. The Labute approximate surface area is 149 Å². The number of hydrogen-bond donors (Lipinski definition) is 2. The summed E-state index contributed by atoms with van der Waals surface area (Å²) in [7, 11) is 1.49. The monoisotopic (exact) mass is 370 g/mol.